The number of likely N-dealkylation sites (tertiary alicyclic amines) is 1. The van der Waals surface area contributed by atoms with Gasteiger partial charge in [0.25, 0.3) is 0 Å². The van der Waals surface area contributed by atoms with E-state index in [2.05, 4.69) is 21.2 Å². The van der Waals surface area contributed by atoms with Crippen molar-refractivity contribution in [3.05, 3.63) is 47.5 Å². The summed E-state index contributed by atoms with van der Waals surface area (Å²) < 4.78 is 0. The molecular formula is C19H23N5O2. The van der Waals surface area contributed by atoms with E-state index in [4.69, 9.17) is 0 Å². The lowest BCUT2D eigenvalue weighted by atomic mass is 10.1. The minimum atomic E-state index is -0.290. The highest BCUT2D eigenvalue weighted by Crippen LogP contribution is 2.39. The van der Waals surface area contributed by atoms with Crippen molar-refractivity contribution < 1.29 is 9.59 Å². The predicted octanol–water partition coefficient (Wildman–Crippen LogP) is 1.69. The Bertz CT molecular complexity index is 799. The smallest absolute Gasteiger partial charge is 0.228 e. The first-order chi connectivity index (χ1) is 12.6. The van der Waals surface area contributed by atoms with Crippen LogP contribution in [0.4, 0.5) is 0 Å². The Balaban J connectivity index is 1.34. The molecule has 7 heteroatoms. The van der Waals surface area contributed by atoms with Crippen LogP contribution in [-0.2, 0) is 22.7 Å². The highest BCUT2D eigenvalue weighted by Gasteiger charge is 2.36. The molecule has 2 aromatic heterocycles. The van der Waals surface area contributed by atoms with Crippen molar-refractivity contribution in [1.82, 2.24) is 25.0 Å². The average Bonchev–Trinajstić information content (AvgIpc) is 3.29. The van der Waals surface area contributed by atoms with Crippen LogP contribution in [0, 0.1) is 5.92 Å². The summed E-state index contributed by atoms with van der Waals surface area (Å²) >= 11 is 0. The van der Waals surface area contributed by atoms with Gasteiger partial charge in [-0.2, -0.15) is 5.10 Å². The molecule has 7 nitrogen and oxygen atoms in total. The second-order valence-corrected chi connectivity index (χ2v) is 7.28. The topological polar surface area (TPSA) is 82.2 Å². The molecule has 1 saturated heterocycles. The number of pyridine rings is 1. The van der Waals surface area contributed by atoms with Crippen LogP contribution in [0.3, 0.4) is 0 Å². The first-order valence-electron chi connectivity index (χ1n) is 9.07. The largest absolute Gasteiger partial charge is 0.340 e. The number of aromatic nitrogens is 3. The Kier molecular flexibility index (Phi) is 4.44. The number of carbonyl (C=O) groups excluding carboxylic acids is 2. The van der Waals surface area contributed by atoms with Crippen molar-refractivity contribution in [1.29, 1.82) is 0 Å². The first kappa shape index (κ1) is 16.8. The zero-order chi connectivity index (χ0) is 18.1. The lowest BCUT2D eigenvalue weighted by molar-refractivity contribution is -0.135. The fourth-order valence-electron chi connectivity index (χ4n) is 3.47. The summed E-state index contributed by atoms with van der Waals surface area (Å²) in [5.74, 6) is 0.319. The maximum Gasteiger partial charge on any atom is 0.228 e. The van der Waals surface area contributed by atoms with Gasteiger partial charge in [-0.3, -0.25) is 19.7 Å². The Morgan fingerprint density at radius 2 is 2.23 bits per heavy atom. The van der Waals surface area contributed by atoms with Crippen molar-refractivity contribution in [2.75, 3.05) is 13.6 Å². The SMILES string of the molecule is CN(Cc1cc(C2CC2)n[nH]1)C(=O)C1CC(=O)N(Cc2ccccn2)C1. The van der Waals surface area contributed by atoms with E-state index < -0.39 is 0 Å². The molecule has 26 heavy (non-hydrogen) atoms. The highest BCUT2D eigenvalue weighted by atomic mass is 16.2. The van der Waals surface area contributed by atoms with Crippen LogP contribution in [0.5, 0.6) is 0 Å². The summed E-state index contributed by atoms with van der Waals surface area (Å²) in [7, 11) is 1.78. The molecule has 2 amide bonds. The molecule has 0 aromatic carbocycles. The number of amides is 2. The van der Waals surface area contributed by atoms with Crippen LogP contribution < -0.4 is 0 Å². The van der Waals surface area contributed by atoms with Crippen molar-refractivity contribution in [2.24, 2.45) is 5.92 Å². The second-order valence-electron chi connectivity index (χ2n) is 7.28. The van der Waals surface area contributed by atoms with E-state index in [-0.39, 0.29) is 24.2 Å². The van der Waals surface area contributed by atoms with Gasteiger partial charge >= 0.3 is 0 Å². The number of nitrogens with one attached hydrogen (secondary N) is 1. The van der Waals surface area contributed by atoms with Crippen LogP contribution in [-0.4, -0.2) is 50.4 Å². The quantitative estimate of drug-likeness (QED) is 0.857. The summed E-state index contributed by atoms with van der Waals surface area (Å²) in [6.45, 7) is 1.40. The molecule has 0 bridgehead atoms. The van der Waals surface area contributed by atoms with Crippen LogP contribution in [0.15, 0.2) is 30.5 Å². The summed E-state index contributed by atoms with van der Waals surface area (Å²) in [6.07, 6.45) is 4.39. The van der Waals surface area contributed by atoms with Crippen molar-refractivity contribution >= 4 is 11.8 Å². The van der Waals surface area contributed by atoms with Gasteiger partial charge < -0.3 is 9.80 Å². The molecule has 4 rings (SSSR count). The summed E-state index contributed by atoms with van der Waals surface area (Å²) in [5.41, 5.74) is 2.88. The predicted molar refractivity (Wildman–Crippen MR) is 94.8 cm³/mol. The van der Waals surface area contributed by atoms with E-state index in [0.717, 1.165) is 17.1 Å². The van der Waals surface area contributed by atoms with Gasteiger partial charge in [0.2, 0.25) is 11.8 Å². The summed E-state index contributed by atoms with van der Waals surface area (Å²) in [4.78, 5) is 32.7. The molecule has 2 aromatic rings. The third-order valence-electron chi connectivity index (χ3n) is 5.07. The Hall–Kier alpha value is -2.70. The molecule has 1 unspecified atom stereocenters. The Labute approximate surface area is 152 Å². The molecular weight excluding hydrogens is 330 g/mol. The average molecular weight is 353 g/mol. The summed E-state index contributed by atoms with van der Waals surface area (Å²) in [6, 6.07) is 7.69. The van der Waals surface area contributed by atoms with Crippen molar-refractivity contribution in [3.63, 3.8) is 0 Å². The van der Waals surface area contributed by atoms with Gasteiger partial charge in [-0.25, -0.2) is 0 Å². The normalized spacial score (nSPS) is 19.8. The van der Waals surface area contributed by atoms with Crippen LogP contribution >= 0.6 is 0 Å². The zero-order valence-electron chi connectivity index (χ0n) is 14.9. The van der Waals surface area contributed by atoms with Gasteiger partial charge in [0.15, 0.2) is 0 Å². The Morgan fingerprint density at radius 3 is 2.96 bits per heavy atom. The molecule has 1 saturated carbocycles. The minimum Gasteiger partial charge on any atom is -0.340 e. The summed E-state index contributed by atoms with van der Waals surface area (Å²) in [5, 5.41) is 7.35. The van der Waals surface area contributed by atoms with E-state index in [9.17, 15) is 9.59 Å². The molecule has 1 atom stereocenters. The standard InChI is InChI=1S/C19H23N5O2/c1-23(11-16-9-17(22-21-16)13-5-6-13)19(26)14-8-18(25)24(10-14)12-15-4-2-3-7-20-15/h2-4,7,9,13-14H,5-6,8,10-12H2,1H3,(H,21,22). The van der Waals surface area contributed by atoms with Crippen LogP contribution in [0.25, 0.3) is 0 Å². The molecule has 2 fully saturated rings. The molecule has 1 aliphatic heterocycles. The molecule has 136 valence electrons. The monoisotopic (exact) mass is 353 g/mol. The van der Waals surface area contributed by atoms with Gasteiger partial charge in [-0.15, -0.1) is 0 Å². The van der Waals surface area contributed by atoms with E-state index in [0.29, 0.717) is 25.6 Å². The number of H-pyrrole nitrogens is 1. The van der Waals surface area contributed by atoms with E-state index in [1.165, 1.54) is 12.8 Å². The van der Waals surface area contributed by atoms with Gasteiger partial charge in [-0.1, -0.05) is 6.07 Å². The lowest BCUT2D eigenvalue weighted by Crippen LogP contribution is -2.34. The van der Waals surface area contributed by atoms with Gasteiger partial charge in [0.1, 0.15) is 0 Å². The third kappa shape index (κ3) is 3.61. The zero-order valence-corrected chi connectivity index (χ0v) is 14.9. The molecule has 0 radical (unpaired) electrons. The molecule has 0 spiro atoms. The molecule has 3 heterocycles. The van der Waals surface area contributed by atoms with E-state index in [1.54, 1.807) is 23.0 Å². The maximum atomic E-state index is 12.7. The number of nitrogens with zero attached hydrogens (tertiary/aromatic N) is 4. The molecule has 2 aliphatic rings. The van der Waals surface area contributed by atoms with Gasteiger partial charge in [0, 0.05) is 32.1 Å². The van der Waals surface area contributed by atoms with Crippen molar-refractivity contribution in [3.8, 4) is 0 Å². The number of hydrogen-bond acceptors (Lipinski definition) is 4. The third-order valence-corrected chi connectivity index (χ3v) is 5.07. The lowest BCUT2D eigenvalue weighted by Gasteiger charge is -2.20. The molecule has 1 N–H and O–H groups in total. The van der Waals surface area contributed by atoms with Crippen LogP contribution in [0.2, 0.25) is 0 Å². The highest BCUT2D eigenvalue weighted by molar-refractivity contribution is 5.89. The minimum absolute atomic E-state index is 0.00411. The number of aromatic amines is 1. The maximum absolute atomic E-state index is 12.7. The van der Waals surface area contributed by atoms with Gasteiger partial charge in [-0.05, 0) is 31.0 Å². The second kappa shape index (κ2) is 6.90. The Morgan fingerprint density at radius 1 is 1.38 bits per heavy atom. The number of carbonyl (C=O) groups is 2. The van der Waals surface area contributed by atoms with E-state index in [1.807, 2.05) is 18.2 Å². The van der Waals surface area contributed by atoms with Crippen LogP contribution in [0.1, 0.15) is 42.3 Å². The molecule has 1 aliphatic carbocycles. The van der Waals surface area contributed by atoms with Crippen molar-refractivity contribution in [2.45, 2.75) is 38.3 Å². The van der Waals surface area contributed by atoms with Gasteiger partial charge in [0.05, 0.1) is 36.1 Å². The fraction of sp³-hybridized carbons (Fsp3) is 0.474. The first-order valence-corrected chi connectivity index (χ1v) is 9.07. The number of hydrogen-bond donors (Lipinski definition) is 1. The number of rotatable bonds is 6. The van der Waals surface area contributed by atoms with E-state index >= 15 is 0 Å². The fourth-order valence-corrected chi connectivity index (χ4v) is 3.47.